The second-order valence-corrected chi connectivity index (χ2v) is 4.54. The summed E-state index contributed by atoms with van der Waals surface area (Å²) < 4.78 is 0. The van der Waals surface area contributed by atoms with Crippen LogP contribution in [0, 0.1) is 6.92 Å². The Kier molecular flexibility index (Phi) is 2.45. The molecule has 0 fully saturated rings. The maximum absolute atomic E-state index is 11.7. The number of rotatable bonds is 1. The number of carbonyl (C=O) groups excluding carboxylic acids is 1. The molecule has 1 aromatic heterocycles. The Bertz CT molecular complexity index is 662. The maximum Gasteiger partial charge on any atom is 0.231 e. The molecule has 6 heteroatoms. The zero-order valence-corrected chi connectivity index (χ0v) is 10.7. The smallest absolute Gasteiger partial charge is 0.231 e. The number of aryl methyl sites for hydroxylation is 1. The highest BCUT2D eigenvalue weighted by Gasteiger charge is 2.24. The standard InChI is InChI=1S/C13H13N5O/c1-7-15-12(17-13(14)16-7)8-3-4-10-9(5-8)6-11(19)18(10)2/h3-5H,6H2,1-2H3,(H2,14,15,16,17). The summed E-state index contributed by atoms with van der Waals surface area (Å²) >= 11 is 0. The number of nitrogens with two attached hydrogens (primary N) is 1. The topological polar surface area (TPSA) is 85.0 Å². The van der Waals surface area contributed by atoms with E-state index in [9.17, 15) is 4.79 Å². The van der Waals surface area contributed by atoms with Gasteiger partial charge in [0.25, 0.3) is 0 Å². The van der Waals surface area contributed by atoms with E-state index in [0.29, 0.717) is 18.1 Å². The van der Waals surface area contributed by atoms with Crippen molar-refractivity contribution < 1.29 is 4.79 Å². The first-order valence-corrected chi connectivity index (χ1v) is 5.92. The molecule has 96 valence electrons. The van der Waals surface area contributed by atoms with Gasteiger partial charge in [-0.05, 0) is 30.7 Å². The van der Waals surface area contributed by atoms with E-state index in [2.05, 4.69) is 15.0 Å². The molecule has 6 nitrogen and oxygen atoms in total. The van der Waals surface area contributed by atoms with Gasteiger partial charge < -0.3 is 10.6 Å². The number of benzene rings is 1. The van der Waals surface area contributed by atoms with E-state index in [-0.39, 0.29) is 11.9 Å². The van der Waals surface area contributed by atoms with E-state index in [1.807, 2.05) is 18.2 Å². The van der Waals surface area contributed by atoms with Gasteiger partial charge in [0.15, 0.2) is 5.82 Å². The lowest BCUT2D eigenvalue weighted by Gasteiger charge is -2.10. The van der Waals surface area contributed by atoms with Gasteiger partial charge in [0, 0.05) is 18.3 Å². The van der Waals surface area contributed by atoms with Crippen molar-refractivity contribution in [2.24, 2.45) is 0 Å². The zero-order valence-electron chi connectivity index (χ0n) is 10.7. The predicted octanol–water partition coefficient (Wildman–Crippen LogP) is 0.948. The molecule has 3 rings (SSSR count). The molecule has 0 aliphatic carbocycles. The third-order valence-corrected chi connectivity index (χ3v) is 3.18. The number of nitrogens with zero attached hydrogens (tertiary/aromatic N) is 4. The first kappa shape index (κ1) is 11.6. The molecule has 0 atom stereocenters. The van der Waals surface area contributed by atoms with Crippen LogP contribution in [0.1, 0.15) is 11.4 Å². The monoisotopic (exact) mass is 255 g/mol. The third kappa shape index (κ3) is 1.91. The Labute approximate surface area is 110 Å². The number of nitrogen functional groups attached to an aromatic ring is 1. The van der Waals surface area contributed by atoms with Gasteiger partial charge in [0.1, 0.15) is 5.82 Å². The molecule has 1 aliphatic rings. The van der Waals surface area contributed by atoms with Gasteiger partial charge in [-0.1, -0.05) is 0 Å². The molecule has 2 N–H and O–H groups in total. The molecule has 0 unspecified atom stereocenters. The lowest BCUT2D eigenvalue weighted by Crippen LogP contribution is -2.20. The fraction of sp³-hybridized carbons (Fsp3) is 0.231. The van der Waals surface area contributed by atoms with Crippen LogP contribution in [0.15, 0.2) is 18.2 Å². The minimum Gasteiger partial charge on any atom is -0.368 e. The number of fused-ring (bicyclic) bond motifs is 1. The van der Waals surface area contributed by atoms with Crippen molar-refractivity contribution in [2.75, 3.05) is 17.7 Å². The molecule has 0 bridgehead atoms. The van der Waals surface area contributed by atoms with Crippen molar-refractivity contribution in [1.29, 1.82) is 0 Å². The van der Waals surface area contributed by atoms with Crippen molar-refractivity contribution in [1.82, 2.24) is 15.0 Å². The summed E-state index contributed by atoms with van der Waals surface area (Å²) in [5, 5.41) is 0. The summed E-state index contributed by atoms with van der Waals surface area (Å²) in [4.78, 5) is 25.7. The highest BCUT2D eigenvalue weighted by molar-refractivity contribution is 6.01. The average Bonchev–Trinajstić information content (AvgIpc) is 2.63. The molecule has 1 aliphatic heterocycles. The van der Waals surface area contributed by atoms with Crippen LogP contribution in [0.5, 0.6) is 0 Å². The number of carbonyl (C=O) groups is 1. The highest BCUT2D eigenvalue weighted by atomic mass is 16.2. The Morgan fingerprint density at radius 1 is 1.26 bits per heavy atom. The van der Waals surface area contributed by atoms with Gasteiger partial charge in [-0.3, -0.25) is 4.79 Å². The molecule has 0 saturated heterocycles. The Morgan fingerprint density at radius 2 is 2.05 bits per heavy atom. The van der Waals surface area contributed by atoms with Gasteiger partial charge in [-0.2, -0.15) is 9.97 Å². The van der Waals surface area contributed by atoms with Crippen LogP contribution in [0.25, 0.3) is 11.4 Å². The summed E-state index contributed by atoms with van der Waals surface area (Å²) in [6, 6.07) is 5.73. The van der Waals surface area contributed by atoms with E-state index in [1.54, 1.807) is 18.9 Å². The summed E-state index contributed by atoms with van der Waals surface area (Å²) in [6.07, 6.45) is 0.416. The predicted molar refractivity (Wildman–Crippen MR) is 71.5 cm³/mol. The number of anilines is 2. The number of aromatic nitrogens is 3. The van der Waals surface area contributed by atoms with Crippen LogP contribution in [-0.2, 0) is 11.2 Å². The second kappa shape index (κ2) is 4.01. The van der Waals surface area contributed by atoms with Crippen molar-refractivity contribution in [3.05, 3.63) is 29.6 Å². The highest BCUT2D eigenvalue weighted by Crippen LogP contribution is 2.30. The first-order valence-electron chi connectivity index (χ1n) is 5.92. The molecule has 0 radical (unpaired) electrons. The van der Waals surface area contributed by atoms with Crippen molar-refractivity contribution in [3.63, 3.8) is 0 Å². The molecule has 2 aromatic rings. The molecule has 2 heterocycles. The zero-order chi connectivity index (χ0) is 13.6. The van der Waals surface area contributed by atoms with Crippen LogP contribution in [0.4, 0.5) is 11.6 Å². The number of likely N-dealkylation sites (N-methyl/N-ethyl adjacent to an activating group) is 1. The van der Waals surface area contributed by atoms with Gasteiger partial charge in [-0.15, -0.1) is 0 Å². The number of hydrogen-bond acceptors (Lipinski definition) is 5. The third-order valence-electron chi connectivity index (χ3n) is 3.18. The molecular weight excluding hydrogens is 242 g/mol. The summed E-state index contributed by atoms with van der Waals surface area (Å²) in [5.41, 5.74) is 8.40. The number of amides is 1. The summed E-state index contributed by atoms with van der Waals surface area (Å²) in [5.74, 6) is 1.42. The maximum atomic E-state index is 11.7. The van der Waals surface area contributed by atoms with E-state index in [0.717, 1.165) is 16.8 Å². The minimum absolute atomic E-state index is 0.0958. The Morgan fingerprint density at radius 3 is 2.79 bits per heavy atom. The molecule has 19 heavy (non-hydrogen) atoms. The first-order chi connectivity index (χ1) is 9.04. The largest absolute Gasteiger partial charge is 0.368 e. The van der Waals surface area contributed by atoms with E-state index in [4.69, 9.17) is 5.73 Å². The van der Waals surface area contributed by atoms with Crippen LogP contribution < -0.4 is 10.6 Å². The van der Waals surface area contributed by atoms with Gasteiger partial charge >= 0.3 is 0 Å². The van der Waals surface area contributed by atoms with Crippen molar-refractivity contribution >= 4 is 17.5 Å². The molecule has 0 spiro atoms. The minimum atomic E-state index is 0.0958. The van der Waals surface area contributed by atoms with Gasteiger partial charge in [0.05, 0.1) is 6.42 Å². The summed E-state index contributed by atoms with van der Waals surface area (Å²) in [6.45, 7) is 1.77. The normalized spacial score (nSPS) is 13.8. The van der Waals surface area contributed by atoms with Crippen LogP contribution in [-0.4, -0.2) is 27.9 Å². The average molecular weight is 255 g/mol. The van der Waals surface area contributed by atoms with E-state index < -0.39 is 0 Å². The van der Waals surface area contributed by atoms with Crippen molar-refractivity contribution in [2.45, 2.75) is 13.3 Å². The fourth-order valence-electron chi connectivity index (χ4n) is 2.24. The SMILES string of the molecule is Cc1nc(N)nc(-c2ccc3c(c2)CC(=O)N3C)n1. The molecular formula is C13H13N5O. The quantitative estimate of drug-likeness (QED) is 0.820. The Balaban J connectivity index is 2.08. The van der Waals surface area contributed by atoms with Crippen LogP contribution >= 0.6 is 0 Å². The second-order valence-electron chi connectivity index (χ2n) is 4.54. The molecule has 0 saturated carbocycles. The molecule has 1 amide bonds. The lowest BCUT2D eigenvalue weighted by atomic mass is 10.1. The van der Waals surface area contributed by atoms with Crippen LogP contribution in [0.2, 0.25) is 0 Å². The van der Waals surface area contributed by atoms with E-state index >= 15 is 0 Å². The van der Waals surface area contributed by atoms with E-state index in [1.165, 1.54) is 0 Å². The van der Waals surface area contributed by atoms with Crippen molar-refractivity contribution in [3.8, 4) is 11.4 Å². The lowest BCUT2D eigenvalue weighted by molar-refractivity contribution is -0.117. The van der Waals surface area contributed by atoms with Gasteiger partial charge in [0.2, 0.25) is 11.9 Å². The molecule has 1 aromatic carbocycles. The van der Waals surface area contributed by atoms with Crippen LogP contribution in [0.3, 0.4) is 0 Å². The summed E-state index contributed by atoms with van der Waals surface area (Å²) in [7, 11) is 1.78. The van der Waals surface area contributed by atoms with Gasteiger partial charge in [-0.25, -0.2) is 4.98 Å². The fourth-order valence-corrected chi connectivity index (χ4v) is 2.24. The number of hydrogen-bond donors (Lipinski definition) is 1. The Hall–Kier alpha value is -2.50.